The standard InChI is InChI=1S/C8H14N2O/c1-4-8(9)6-10(3)5-7(2)11/h4,6H,1,5,9H2,2-3H3/b8-6+. The lowest BCUT2D eigenvalue weighted by molar-refractivity contribution is -0.117. The van der Waals surface area contributed by atoms with Gasteiger partial charge in [-0.15, -0.1) is 0 Å². The van der Waals surface area contributed by atoms with Crippen LogP contribution < -0.4 is 5.73 Å². The fourth-order valence-electron chi connectivity index (χ4n) is 0.704. The second kappa shape index (κ2) is 4.55. The Morgan fingerprint density at radius 3 is 2.64 bits per heavy atom. The number of nitrogens with two attached hydrogens (primary N) is 1. The van der Waals surface area contributed by atoms with Gasteiger partial charge in [-0.2, -0.15) is 0 Å². The summed E-state index contributed by atoms with van der Waals surface area (Å²) in [6.07, 6.45) is 3.21. The van der Waals surface area contributed by atoms with Gasteiger partial charge in [-0.05, 0) is 13.0 Å². The third kappa shape index (κ3) is 5.21. The van der Waals surface area contributed by atoms with Crippen LogP contribution in [0.1, 0.15) is 6.92 Å². The fraction of sp³-hybridized carbons (Fsp3) is 0.375. The first-order chi connectivity index (χ1) is 5.06. The molecule has 3 nitrogen and oxygen atoms in total. The zero-order valence-electron chi connectivity index (χ0n) is 7.00. The summed E-state index contributed by atoms with van der Waals surface area (Å²) < 4.78 is 0. The van der Waals surface area contributed by atoms with Gasteiger partial charge in [-0.25, -0.2) is 0 Å². The van der Waals surface area contributed by atoms with Gasteiger partial charge >= 0.3 is 0 Å². The number of hydrogen-bond donors (Lipinski definition) is 1. The Balaban J connectivity index is 3.95. The van der Waals surface area contributed by atoms with E-state index in [1.165, 1.54) is 13.0 Å². The van der Waals surface area contributed by atoms with Crippen LogP contribution in [0.2, 0.25) is 0 Å². The van der Waals surface area contributed by atoms with Crippen LogP contribution >= 0.6 is 0 Å². The molecule has 0 saturated carbocycles. The number of Topliss-reactive ketones (excluding diaryl/α,β-unsaturated/α-hetero) is 1. The molecule has 0 saturated heterocycles. The molecule has 0 rings (SSSR count). The summed E-state index contributed by atoms with van der Waals surface area (Å²) in [5.74, 6) is 0.112. The highest BCUT2D eigenvalue weighted by Gasteiger charge is 1.95. The molecule has 0 bridgehead atoms. The van der Waals surface area contributed by atoms with Crippen LogP contribution in [0.4, 0.5) is 0 Å². The Morgan fingerprint density at radius 1 is 1.73 bits per heavy atom. The lowest BCUT2D eigenvalue weighted by Gasteiger charge is -2.11. The van der Waals surface area contributed by atoms with E-state index in [2.05, 4.69) is 6.58 Å². The molecule has 0 aliphatic carbocycles. The first kappa shape index (κ1) is 9.75. The minimum Gasteiger partial charge on any atom is -0.398 e. The lowest BCUT2D eigenvalue weighted by atomic mass is 10.4. The molecule has 0 unspecified atom stereocenters. The Bertz CT molecular complexity index is 185. The van der Waals surface area contributed by atoms with Crippen molar-refractivity contribution in [3.05, 3.63) is 24.6 Å². The van der Waals surface area contributed by atoms with Crippen molar-refractivity contribution in [2.45, 2.75) is 6.92 Å². The maximum atomic E-state index is 10.6. The molecule has 3 heteroatoms. The zero-order valence-corrected chi connectivity index (χ0v) is 7.00. The van der Waals surface area contributed by atoms with Gasteiger partial charge in [0.1, 0.15) is 5.78 Å². The molecular weight excluding hydrogens is 140 g/mol. The first-order valence-corrected chi connectivity index (χ1v) is 3.35. The maximum Gasteiger partial charge on any atom is 0.148 e. The summed E-state index contributed by atoms with van der Waals surface area (Å²) in [5.41, 5.74) is 6.00. The van der Waals surface area contributed by atoms with Gasteiger partial charge in [0.05, 0.1) is 6.54 Å². The van der Waals surface area contributed by atoms with Crippen molar-refractivity contribution in [1.29, 1.82) is 0 Å². The molecule has 0 fully saturated rings. The van der Waals surface area contributed by atoms with E-state index in [1.54, 1.807) is 18.1 Å². The summed E-state index contributed by atoms with van der Waals surface area (Å²) in [7, 11) is 1.79. The highest BCUT2D eigenvalue weighted by Crippen LogP contribution is 1.89. The van der Waals surface area contributed by atoms with Crippen molar-refractivity contribution in [3.8, 4) is 0 Å². The second-order valence-electron chi connectivity index (χ2n) is 2.45. The molecule has 0 amide bonds. The topological polar surface area (TPSA) is 46.3 Å². The Morgan fingerprint density at radius 2 is 2.27 bits per heavy atom. The van der Waals surface area contributed by atoms with Crippen LogP contribution in [-0.4, -0.2) is 24.3 Å². The van der Waals surface area contributed by atoms with E-state index in [9.17, 15) is 4.79 Å². The Hall–Kier alpha value is -1.25. The minimum atomic E-state index is 0.112. The monoisotopic (exact) mass is 154 g/mol. The van der Waals surface area contributed by atoms with Crippen molar-refractivity contribution in [2.75, 3.05) is 13.6 Å². The second-order valence-corrected chi connectivity index (χ2v) is 2.45. The predicted octanol–water partition coefficient (Wildman–Crippen LogP) is 0.493. The molecule has 0 atom stereocenters. The smallest absolute Gasteiger partial charge is 0.148 e. The Labute approximate surface area is 67.2 Å². The third-order valence-electron chi connectivity index (χ3n) is 1.08. The highest BCUT2D eigenvalue weighted by atomic mass is 16.1. The highest BCUT2D eigenvalue weighted by molar-refractivity contribution is 5.77. The van der Waals surface area contributed by atoms with Gasteiger partial charge in [0.15, 0.2) is 0 Å². The lowest BCUT2D eigenvalue weighted by Crippen LogP contribution is -2.19. The molecule has 0 heterocycles. The largest absolute Gasteiger partial charge is 0.398 e. The summed E-state index contributed by atoms with van der Waals surface area (Å²) in [5, 5.41) is 0. The molecule has 0 aromatic heterocycles. The number of ketones is 1. The molecule has 0 aromatic rings. The molecule has 0 radical (unpaired) electrons. The molecule has 11 heavy (non-hydrogen) atoms. The van der Waals surface area contributed by atoms with Gasteiger partial charge in [0, 0.05) is 18.9 Å². The van der Waals surface area contributed by atoms with E-state index < -0.39 is 0 Å². The van der Waals surface area contributed by atoms with Crippen molar-refractivity contribution in [3.63, 3.8) is 0 Å². The number of hydrogen-bond acceptors (Lipinski definition) is 3. The average molecular weight is 154 g/mol. The van der Waals surface area contributed by atoms with E-state index in [0.29, 0.717) is 12.2 Å². The SMILES string of the molecule is C=C/C(N)=C\N(C)CC(C)=O. The summed E-state index contributed by atoms with van der Waals surface area (Å²) in [4.78, 5) is 12.3. The Kier molecular flexibility index (Phi) is 4.03. The van der Waals surface area contributed by atoms with Crippen molar-refractivity contribution >= 4 is 5.78 Å². The van der Waals surface area contributed by atoms with E-state index in [-0.39, 0.29) is 5.78 Å². The van der Waals surface area contributed by atoms with Gasteiger partial charge in [-0.1, -0.05) is 6.58 Å². The number of nitrogens with zero attached hydrogens (tertiary/aromatic N) is 1. The molecule has 2 N–H and O–H groups in total. The van der Waals surface area contributed by atoms with Crippen LogP contribution in [0.3, 0.4) is 0 Å². The van der Waals surface area contributed by atoms with E-state index in [4.69, 9.17) is 5.73 Å². The summed E-state index contributed by atoms with van der Waals surface area (Å²) >= 11 is 0. The summed E-state index contributed by atoms with van der Waals surface area (Å²) in [6, 6.07) is 0. The van der Waals surface area contributed by atoms with Gasteiger partial charge < -0.3 is 10.6 Å². The van der Waals surface area contributed by atoms with E-state index >= 15 is 0 Å². The van der Waals surface area contributed by atoms with Gasteiger partial charge in [0.2, 0.25) is 0 Å². The average Bonchev–Trinajstić information content (AvgIpc) is 1.85. The number of rotatable bonds is 4. The molecular formula is C8H14N2O. The van der Waals surface area contributed by atoms with Crippen LogP contribution in [0, 0.1) is 0 Å². The number of allylic oxidation sites excluding steroid dienone is 1. The molecule has 0 aliphatic rings. The van der Waals surface area contributed by atoms with Crippen LogP contribution in [0.15, 0.2) is 24.6 Å². The van der Waals surface area contributed by atoms with Crippen LogP contribution in [0.25, 0.3) is 0 Å². The summed E-state index contributed by atoms with van der Waals surface area (Å²) in [6.45, 7) is 5.41. The third-order valence-corrected chi connectivity index (χ3v) is 1.08. The number of carbonyl (C=O) groups excluding carboxylic acids is 1. The fourth-order valence-corrected chi connectivity index (χ4v) is 0.704. The maximum absolute atomic E-state index is 10.6. The number of carbonyl (C=O) groups is 1. The predicted molar refractivity (Wildman–Crippen MR) is 45.8 cm³/mol. The van der Waals surface area contributed by atoms with Gasteiger partial charge in [-0.3, -0.25) is 4.79 Å². The van der Waals surface area contributed by atoms with Crippen LogP contribution in [0.5, 0.6) is 0 Å². The van der Waals surface area contributed by atoms with Crippen molar-refractivity contribution in [2.24, 2.45) is 5.73 Å². The number of likely N-dealkylation sites (N-methyl/N-ethyl adjacent to an activating group) is 1. The van der Waals surface area contributed by atoms with Crippen molar-refractivity contribution < 1.29 is 4.79 Å². The molecule has 0 aliphatic heterocycles. The molecule has 62 valence electrons. The van der Waals surface area contributed by atoms with Crippen molar-refractivity contribution in [1.82, 2.24) is 4.90 Å². The quantitative estimate of drug-likeness (QED) is 0.599. The van der Waals surface area contributed by atoms with E-state index in [1.807, 2.05) is 0 Å². The zero-order chi connectivity index (χ0) is 8.85. The first-order valence-electron chi connectivity index (χ1n) is 3.35. The molecule has 0 spiro atoms. The molecule has 0 aromatic carbocycles. The van der Waals surface area contributed by atoms with Crippen LogP contribution in [-0.2, 0) is 4.79 Å². The minimum absolute atomic E-state index is 0.112. The van der Waals surface area contributed by atoms with Gasteiger partial charge in [0.25, 0.3) is 0 Å². The van der Waals surface area contributed by atoms with E-state index in [0.717, 1.165) is 0 Å². The normalized spacial score (nSPS) is 10.9.